The van der Waals surface area contributed by atoms with E-state index in [9.17, 15) is 0 Å². The Morgan fingerprint density at radius 1 is 1.14 bits per heavy atom. The lowest BCUT2D eigenvalue weighted by atomic mass is 9.63. The summed E-state index contributed by atoms with van der Waals surface area (Å²) in [6.45, 7) is 9.55. The first-order chi connectivity index (χ1) is 9.80. The summed E-state index contributed by atoms with van der Waals surface area (Å²) >= 11 is 0. The molecule has 0 amide bonds. The SMILES string of the molecule is CC1(C)CC(Nc2ccc(OCC#N)cc2)CC(C)(C)C1. The van der Waals surface area contributed by atoms with Gasteiger partial charge in [-0.05, 0) is 54.4 Å². The fourth-order valence-electron chi connectivity index (χ4n) is 3.95. The quantitative estimate of drug-likeness (QED) is 0.879. The average molecular weight is 286 g/mol. The van der Waals surface area contributed by atoms with Crippen molar-refractivity contribution >= 4 is 5.69 Å². The molecule has 0 aromatic heterocycles. The van der Waals surface area contributed by atoms with Gasteiger partial charge in [-0.2, -0.15) is 5.26 Å². The van der Waals surface area contributed by atoms with Crippen LogP contribution < -0.4 is 10.1 Å². The van der Waals surface area contributed by atoms with Crippen LogP contribution >= 0.6 is 0 Å². The lowest BCUT2D eigenvalue weighted by Crippen LogP contribution is -2.40. The monoisotopic (exact) mass is 286 g/mol. The molecule has 3 heteroatoms. The van der Waals surface area contributed by atoms with Gasteiger partial charge in [-0.1, -0.05) is 27.7 Å². The maximum atomic E-state index is 8.51. The molecule has 0 radical (unpaired) electrons. The van der Waals surface area contributed by atoms with E-state index >= 15 is 0 Å². The van der Waals surface area contributed by atoms with Gasteiger partial charge in [0.25, 0.3) is 0 Å². The maximum Gasteiger partial charge on any atom is 0.174 e. The van der Waals surface area contributed by atoms with Crippen LogP contribution in [0.1, 0.15) is 47.0 Å². The Labute approximate surface area is 128 Å². The predicted octanol–water partition coefficient (Wildman–Crippen LogP) is 4.61. The van der Waals surface area contributed by atoms with Crippen LogP contribution in [0.5, 0.6) is 5.75 Å². The van der Waals surface area contributed by atoms with Crippen molar-refractivity contribution in [2.24, 2.45) is 10.8 Å². The smallest absolute Gasteiger partial charge is 0.174 e. The highest BCUT2D eigenvalue weighted by molar-refractivity contribution is 5.47. The van der Waals surface area contributed by atoms with E-state index in [0.29, 0.717) is 16.9 Å². The van der Waals surface area contributed by atoms with Gasteiger partial charge < -0.3 is 10.1 Å². The van der Waals surface area contributed by atoms with E-state index in [-0.39, 0.29) is 6.61 Å². The van der Waals surface area contributed by atoms with Crippen molar-refractivity contribution < 1.29 is 4.74 Å². The standard InChI is InChI=1S/C18H26N2O/c1-17(2)11-15(12-18(3,4)13-17)20-14-5-7-16(8-6-14)21-10-9-19/h5-8,15,20H,10-13H2,1-4H3. The summed E-state index contributed by atoms with van der Waals surface area (Å²) in [7, 11) is 0. The van der Waals surface area contributed by atoms with E-state index in [1.54, 1.807) is 0 Å². The molecule has 0 aliphatic heterocycles. The molecule has 0 atom stereocenters. The highest BCUT2D eigenvalue weighted by Gasteiger charge is 2.38. The number of hydrogen-bond acceptors (Lipinski definition) is 3. The number of nitrogens with zero attached hydrogens (tertiary/aromatic N) is 1. The van der Waals surface area contributed by atoms with Crippen molar-refractivity contribution in [1.82, 2.24) is 0 Å². The van der Waals surface area contributed by atoms with Gasteiger partial charge in [0.05, 0.1) is 0 Å². The van der Waals surface area contributed by atoms with E-state index in [4.69, 9.17) is 10.00 Å². The third-order valence-electron chi connectivity index (χ3n) is 4.08. The first-order valence-corrected chi connectivity index (χ1v) is 7.66. The minimum Gasteiger partial charge on any atom is -0.479 e. The van der Waals surface area contributed by atoms with Crippen LogP contribution in [0.25, 0.3) is 0 Å². The molecule has 0 saturated heterocycles. The number of hydrogen-bond donors (Lipinski definition) is 1. The Balaban J connectivity index is 1.99. The molecule has 1 aromatic carbocycles. The number of rotatable bonds is 4. The van der Waals surface area contributed by atoms with Crippen LogP contribution in [0.15, 0.2) is 24.3 Å². The Bertz CT molecular complexity index is 495. The molecule has 0 unspecified atom stereocenters. The van der Waals surface area contributed by atoms with Crippen molar-refractivity contribution in [3.05, 3.63) is 24.3 Å². The largest absolute Gasteiger partial charge is 0.479 e. The zero-order chi connectivity index (χ0) is 15.5. The fraction of sp³-hybridized carbons (Fsp3) is 0.611. The van der Waals surface area contributed by atoms with Crippen molar-refractivity contribution in [2.75, 3.05) is 11.9 Å². The van der Waals surface area contributed by atoms with Crippen LogP contribution in [0.4, 0.5) is 5.69 Å². The molecule has 1 aliphatic carbocycles. The molecule has 0 heterocycles. The molecule has 0 spiro atoms. The van der Waals surface area contributed by atoms with Crippen molar-refractivity contribution in [2.45, 2.75) is 53.0 Å². The molecule has 21 heavy (non-hydrogen) atoms. The van der Waals surface area contributed by atoms with Crippen molar-refractivity contribution in [3.63, 3.8) is 0 Å². The topological polar surface area (TPSA) is 45.0 Å². The Kier molecular flexibility index (Phi) is 4.46. The zero-order valence-electron chi connectivity index (χ0n) is 13.6. The molecule has 1 aliphatic rings. The van der Waals surface area contributed by atoms with Crippen LogP contribution in [0.3, 0.4) is 0 Å². The minimum absolute atomic E-state index is 0.0950. The summed E-state index contributed by atoms with van der Waals surface area (Å²) in [4.78, 5) is 0. The van der Waals surface area contributed by atoms with E-state index in [1.165, 1.54) is 19.3 Å². The van der Waals surface area contributed by atoms with Gasteiger partial charge in [0.1, 0.15) is 11.8 Å². The molecule has 1 aromatic rings. The number of nitrogens with one attached hydrogen (secondary N) is 1. The Hall–Kier alpha value is -1.69. The molecular formula is C18H26N2O. The van der Waals surface area contributed by atoms with Gasteiger partial charge in [0.2, 0.25) is 0 Å². The predicted molar refractivity (Wildman–Crippen MR) is 86.4 cm³/mol. The van der Waals surface area contributed by atoms with Crippen LogP contribution in [-0.2, 0) is 0 Å². The highest BCUT2D eigenvalue weighted by atomic mass is 16.5. The normalized spacial score (nSPS) is 20.5. The summed E-state index contributed by atoms with van der Waals surface area (Å²) in [6, 6.07) is 10.4. The summed E-state index contributed by atoms with van der Waals surface area (Å²) < 4.78 is 5.28. The summed E-state index contributed by atoms with van der Waals surface area (Å²) in [6.07, 6.45) is 3.67. The minimum atomic E-state index is 0.0950. The first-order valence-electron chi connectivity index (χ1n) is 7.66. The van der Waals surface area contributed by atoms with Gasteiger partial charge in [-0.3, -0.25) is 0 Å². The third-order valence-corrected chi connectivity index (χ3v) is 4.08. The van der Waals surface area contributed by atoms with E-state index in [1.807, 2.05) is 30.3 Å². The average Bonchev–Trinajstić information content (AvgIpc) is 2.34. The lowest BCUT2D eigenvalue weighted by molar-refractivity contribution is 0.105. The number of anilines is 1. The van der Waals surface area contributed by atoms with Gasteiger partial charge in [0.15, 0.2) is 6.61 Å². The summed E-state index contributed by atoms with van der Waals surface area (Å²) in [5.74, 6) is 0.742. The summed E-state index contributed by atoms with van der Waals surface area (Å²) in [5, 5.41) is 12.2. The second kappa shape index (κ2) is 5.97. The first kappa shape index (κ1) is 15.7. The van der Waals surface area contributed by atoms with Crippen LogP contribution in [0.2, 0.25) is 0 Å². The van der Waals surface area contributed by atoms with E-state index in [2.05, 4.69) is 33.0 Å². The number of ether oxygens (including phenoxy) is 1. The molecule has 3 nitrogen and oxygen atoms in total. The summed E-state index contributed by atoms with van der Waals surface area (Å²) in [5.41, 5.74) is 1.89. The fourth-order valence-corrected chi connectivity index (χ4v) is 3.95. The Morgan fingerprint density at radius 3 is 2.24 bits per heavy atom. The lowest BCUT2D eigenvalue weighted by Gasteiger charge is -2.45. The second-order valence-electron chi connectivity index (χ2n) is 7.73. The van der Waals surface area contributed by atoms with Gasteiger partial charge in [-0.25, -0.2) is 0 Å². The number of benzene rings is 1. The molecule has 1 N–H and O–H groups in total. The van der Waals surface area contributed by atoms with E-state index in [0.717, 1.165) is 11.4 Å². The van der Waals surface area contributed by atoms with Crippen molar-refractivity contribution in [1.29, 1.82) is 5.26 Å². The molecule has 0 bridgehead atoms. The molecule has 1 saturated carbocycles. The molecular weight excluding hydrogens is 260 g/mol. The highest BCUT2D eigenvalue weighted by Crippen LogP contribution is 2.46. The molecule has 114 valence electrons. The van der Waals surface area contributed by atoms with Gasteiger partial charge in [0, 0.05) is 11.7 Å². The molecule has 2 rings (SSSR count). The van der Waals surface area contributed by atoms with Gasteiger partial charge >= 0.3 is 0 Å². The number of nitriles is 1. The maximum absolute atomic E-state index is 8.51. The third kappa shape index (κ3) is 4.67. The molecule has 1 fully saturated rings. The Morgan fingerprint density at radius 2 is 1.71 bits per heavy atom. The zero-order valence-corrected chi connectivity index (χ0v) is 13.6. The van der Waals surface area contributed by atoms with E-state index < -0.39 is 0 Å². The second-order valence-corrected chi connectivity index (χ2v) is 7.73. The van der Waals surface area contributed by atoms with Gasteiger partial charge in [-0.15, -0.1) is 0 Å². The van der Waals surface area contributed by atoms with Crippen molar-refractivity contribution in [3.8, 4) is 11.8 Å². The van der Waals surface area contributed by atoms with Crippen LogP contribution in [-0.4, -0.2) is 12.6 Å². The van der Waals surface area contributed by atoms with Crippen LogP contribution in [0, 0.1) is 22.2 Å².